The second kappa shape index (κ2) is 6.12. The van der Waals surface area contributed by atoms with E-state index in [1.165, 1.54) is 0 Å². The Morgan fingerprint density at radius 3 is 2.52 bits per heavy atom. The number of imidazole rings is 1. The number of nitrogens with zero attached hydrogens (tertiary/aromatic N) is 1. The van der Waals surface area contributed by atoms with E-state index >= 15 is 0 Å². The molecule has 6 nitrogen and oxygen atoms in total. The number of nitrogens with one attached hydrogen (secondary N) is 2. The highest BCUT2D eigenvalue weighted by Crippen LogP contribution is 2.08. The van der Waals surface area contributed by atoms with E-state index < -0.39 is 23.5 Å². The van der Waals surface area contributed by atoms with Gasteiger partial charge in [-0.1, -0.05) is 0 Å². The average molecular weight is 295 g/mol. The van der Waals surface area contributed by atoms with Gasteiger partial charge in [-0.05, 0) is 24.1 Å². The lowest BCUT2D eigenvalue weighted by Crippen LogP contribution is -2.27. The van der Waals surface area contributed by atoms with Crippen LogP contribution in [0.3, 0.4) is 0 Å². The van der Waals surface area contributed by atoms with Crippen molar-refractivity contribution in [1.29, 1.82) is 0 Å². The monoisotopic (exact) mass is 295 g/mol. The fourth-order valence-corrected chi connectivity index (χ4v) is 1.79. The number of carboxylic acids is 1. The summed E-state index contributed by atoms with van der Waals surface area (Å²) in [7, 11) is 0. The molecule has 0 unspecified atom stereocenters. The quantitative estimate of drug-likeness (QED) is 0.776. The summed E-state index contributed by atoms with van der Waals surface area (Å²) in [5, 5.41) is 11.3. The largest absolute Gasteiger partial charge is 0.477 e. The predicted molar refractivity (Wildman–Crippen MR) is 67.9 cm³/mol. The molecule has 0 aliphatic heterocycles. The summed E-state index contributed by atoms with van der Waals surface area (Å²) < 4.78 is 25.9. The zero-order valence-electron chi connectivity index (χ0n) is 10.7. The fraction of sp³-hybridized carbons (Fsp3) is 0.154. The summed E-state index contributed by atoms with van der Waals surface area (Å²) in [6, 6.07) is 3.07. The zero-order chi connectivity index (χ0) is 15.4. The van der Waals surface area contributed by atoms with Crippen molar-refractivity contribution in [2.24, 2.45) is 0 Å². The van der Waals surface area contributed by atoms with Gasteiger partial charge in [0, 0.05) is 12.6 Å². The van der Waals surface area contributed by atoms with Gasteiger partial charge in [-0.2, -0.15) is 0 Å². The molecule has 0 saturated carbocycles. The highest BCUT2D eigenvalue weighted by molar-refractivity contribution is 6.02. The molecule has 1 aromatic heterocycles. The summed E-state index contributed by atoms with van der Waals surface area (Å²) in [5.41, 5.74) is -0.175. The van der Waals surface area contributed by atoms with E-state index in [-0.39, 0.29) is 24.4 Å². The molecule has 1 heterocycles. The van der Waals surface area contributed by atoms with Crippen LogP contribution in [0.25, 0.3) is 0 Å². The molecule has 1 aromatic carbocycles. The summed E-state index contributed by atoms with van der Waals surface area (Å²) in [4.78, 5) is 28.5. The number of carbonyl (C=O) groups excluding carboxylic acids is 1. The minimum Gasteiger partial charge on any atom is -0.477 e. The van der Waals surface area contributed by atoms with Crippen molar-refractivity contribution >= 4 is 11.9 Å². The van der Waals surface area contributed by atoms with E-state index in [1.807, 2.05) is 0 Å². The molecule has 0 aliphatic carbocycles. The number of amides is 1. The minimum absolute atomic E-state index is 0.0909. The number of rotatable bonds is 5. The van der Waals surface area contributed by atoms with Crippen LogP contribution in [-0.4, -0.2) is 33.5 Å². The van der Waals surface area contributed by atoms with Crippen LogP contribution in [0.1, 0.15) is 26.5 Å². The lowest BCUT2D eigenvalue weighted by molar-refractivity contribution is 0.0685. The minimum atomic E-state index is -1.30. The van der Waals surface area contributed by atoms with Crippen LogP contribution < -0.4 is 5.32 Å². The molecule has 110 valence electrons. The van der Waals surface area contributed by atoms with Gasteiger partial charge in [-0.3, -0.25) is 4.79 Å². The first-order valence-corrected chi connectivity index (χ1v) is 5.97. The molecule has 2 aromatic rings. The lowest BCUT2D eigenvalue weighted by Gasteiger charge is -2.05. The van der Waals surface area contributed by atoms with Crippen LogP contribution >= 0.6 is 0 Å². The number of hydrogen-bond acceptors (Lipinski definition) is 3. The number of halogens is 2. The van der Waals surface area contributed by atoms with E-state index in [0.717, 1.165) is 24.5 Å². The molecule has 0 atom stereocenters. The van der Waals surface area contributed by atoms with E-state index in [0.29, 0.717) is 5.56 Å². The number of hydrogen-bond donors (Lipinski definition) is 3. The Morgan fingerprint density at radius 1 is 1.24 bits per heavy atom. The van der Waals surface area contributed by atoms with Crippen molar-refractivity contribution in [3.05, 3.63) is 53.1 Å². The van der Waals surface area contributed by atoms with Crippen LogP contribution in [0.15, 0.2) is 24.5 Å². The summed E-state index contributed by atoms with van der Waals surface area (Å²) in [5.74, 6) is -3.37. The molecule has 2 rings (SSSR count). The Kier molecular flexibility index (Phi) is 4.27. The molecule has 0 spiro atoms. The van der Waals surface area contributed by atoms with Gasteiger partial charge in [0.15, 0.2) is 11.4 Å². The van der Waals surface area contributed by atoms with Crippen molar-refractivity contribution < 1.29 is 23.5 Å². The number of aromatic amines is 1. The molecule has 1 amide bonds. The smallest absolute Gasteiger partial charge is 0.354 e. The number of carbonyl (C=O) groups is 2. The van der Waals surface area contributed by atoms with E-state index in [4.69, 9.17) is 5.11 Å². The number of H-pyrrole nitrogens is 1. The van der Waals surface area contributed by atoms with Crippen LogP contribution in [0, 0.1) is 11.6 Å². The topological polar surface area (TPSA) is 95.1 Å². The van der Waals surface area contributed by atoms with Crippen LogP contribution in [0.5, 0.6) is 0 Å². The molecule has 0 fully saturated rings. The highest BCUT2D eigenvalue weighted by atomic mass is 19.1. The number of carboxylic acid groups (broad SMARTS) is 1. The first-order valence-electron chi connectivity index (χ1n) is 5.97. The maximum absolute atomic E-state index is 13.0. The third-order valence-electron chi connectivity index (χ3n) is 2.69. The summed E-state index contributed by atoms with van der Waals surface area (Å²) in [6.07, 6.45) is 1.30. The molecule has 0 radical (unpaired) electrons. The molecular formula is C13H11F2N3O3. The molecule has 0 bridgehead atoms. The van der Waals surface area contributed by atoms with Crippen molar-refractivity contribution in [1.82, 2.24) is 15.3 Å². The maximum Gasteiger partial charge on any atom is 0.354 e. The normalized spacial score (nSPS) is 10.4. The number of aromatic carboxylic acids is 1. The van der Waals surface area contributed by atoms with Gasteiger partial charge in [0.1, 0.15) is 11.6 Å². The fourth-order valence-electron chi connectivity index (χ4n) is 1.79. The Labute approximate surface area is 117 Å². The summed E-state index contributed by atoms with van der Waals surface area (Å²) in [6.45, 7) is 0.0909. The van der Waals surface area contributed by atoms with Gasteiger partial charge in [0.05, 0.1) is 6.33 Å². The number of aromatic nitrogens is 2. The Bertz CT molecular complexity index is 665. The van der Waals surface area contributed by atoms with Gasteiger partial charge in [-0.25, -0.2) is 18.6 Å². The zero-order valence-corrected chi connectivity index (χ0v) is 10.7. The Balaban J connectivity index is 1.95. The SMILES string of the molecule is O=C(NCCc1cc(F)cc(F)c1)c1nc[nH]c1C(=O)O. The molecular weight excluding hydrogens is 284 g/mol. The Morgan fingerprint density at radius 2 is 1.90 bits per heavy atom. The second-order valence-electron chi connectivity index (χ2n) is 4.21. The predicted octanol–water partition coefficient (Wildman–Crippen LogP) is 1.36. The molecule has 8 heteroatoms. The van der Waals surface area contributed by atoms with Crippen molar-refractivity contribution in [2.75, 3.05) is 6.54 Å². The van der Waals surface area contributed by atoms with Gasteiger partial charge in [0.25, 0.3) is 5.91 Å². The van der Waals surface area contributed by atoms with Crippen molar-refractivity contribution in [2.45, 2.75) is 6.42 Å². The lowest BCUT2D eigenvalue weighted by atomic mass is 10.1. The standard InChI is InChI=1S/C13H11F2N3O3/c14-8-3-7(4-9(15)5-8)1-2-16-12(19)10-11(13(20)21)18-6-17-10/h3-6H,1-2H2,(H,16,19)(H,17,18)(H,20,21). The Hall–Kier alpha value is -2.77. The van der Waals surface area contributed by atoms with E-state index in [1.54, 1.807) is 0 Å². The second-order valence-corrected chi connectivity index (χ2v) is 4.21. The van der Waals surface area contributed by atoms with Gasteiger partial charge < -0.3 is 15.4 Å². The van der Waals surface area contributed by atoms with Gasteiger partial charge in [0.2, 0.25) is 0 Å². The van der Waals surface area contributed by atoms with E-state index in [9.17, 15) is 18.4 Å². The molecule has 0 saturated heterocycles. The number of benzene rings is 1. The van der Waals surface area contributed by atoms with Crippen LogP contribution in [0.2, 0.25) is 0 Å². The third kappa shape index (κ3) is 3.62. The van der Waals surface area contributed by atoms with E-state index in [2.05, 4.69) is 15.3 Å². The molecule has 0 aliphatic rings. The third-order valence-corrected chi connectivity index (χ3v) is 2.69. The van der Waals surface area contributed by atoms with Crippen LogP contribution in [-0.2, 0) is 6.42 Å². The first kappa shape index (κ1) is 14.6. The average Bonchev–Trinajstić information content (AvgIpc) is 2.86. The van der Waals surface area contributed by atoms with Gasteiger partial charge in [-0.15, -0.1) is 0 Å². The molecule has 3 N–H and O–H groups in total. The van der Waals surface area contributed by atoms with Crippen molar-refractivity contribution in [3.8, 4) is 0 Å². The van der Waals surface area contributed by atoms with Gasteiger partial charge >= 0.3 is 5.97 Å². The first-order chi connectivity index (χ1) is 9.97. The maximum atomic E-state index is 13.0. The van der Waals surface area contributed by atoms with Crippen LogP contribution in [0.4, 0.5) is 8.78 Å². The highest BCUT2D eigenvalue weighted by Gasteiger charge is 2.19. The van der Waals surface area contributed by atoms with Crippen molar-refractivity contribution in [3.63, 3.8) is 0 Å². The summed E-state index contributed by atoms with van der Waals surface area (Å²) >= 11 is 0. The molecule has 21 heavy (non-hydrogen) atoms.